The first kappa shape index (κ1) is 23.2. The number of nitrogens with zero attached hydrogens (tertiary/aromatic N) is 2. The molecule has 0 atom stereocenters. The molecule has 2 aromatic rings. The van der Waals surface area contributed by atoms with Crippen LogP contribution >= 0.6 is 11.6 Å². The number of likely N-dealkylation sites (N-methyl/N-ethyl adjacent to an activating group) is 1. The molecule has 0 unspecified atom stereocenters. The van der Waals surface area contributed by atoms with Crippen molar-refractivity contribution in [1.29, 1.82) is 0 Å². The molecule has 3 rings (SSSR count). The van der Waals surface area contributed by atoms with E-state index in [1.807, 2.05) is 0 Å². The molecule has 0 saturated carbocycles. The van der Waals surface area contributed by atoms with Crippen molar-refractivity contribution in [2.45, 2.75) is 30.6 Å². The topological polar surface area (TPSA) is 86.8 Å². The van der Waals surface area contributed by atoms with E-state index in [-0.39, 0.29) is 29.7 Å². The van der Waals surface area contributed by atoms with Gasteiger partial charge in [-0.25, -0.2) is 8.42 Å². The number of rotatable bonds is 7. The molecule has 0 aliphatic carbocycles. The van der Waals surface area contributed by atoms with Gasteiger partial charge in [-0.1, -0.05) is 42.3 Å². The molecule has 0 aromatic heterocycles. The molecule has 9 heteroatoms. The van der Waals surface area contributed by atoms with Crippen molar-refractivity contribution < 1.29 is 18.0 Å². The summed E-state index contributed by atoms with van der Waals surface area (Å²) in [6, 6.07) is 13.2. The Hall–Kier alpha value is -2.42. The number of carbonyl (C=O) groups is 2. The molecule has 1 aliphatic rings. The zero-order chi connectivity index (χ0) is 22.4. The van der Waals surface area contributed by atoms with Crippen LogP contribution in [0.2, 0.25) is 5.02 Å². The van der Waals surface area contributed by atoms with Gasteiger partial charge in [0.1, 0.15) is 0 Å². The Bertz CT molecular complexity index is 1030. The third-order valence-corrected chi connectivity index (χ3v) is 7.43. The Morgan fingerprint density at radius 1 is 1.03 bits per heavy atom. The Balaban J connectivity index is 1.56. The average Bonchev–Trinajstić information content (AvgIpc) is 2.76. The standard InChI is InChI=1S/C22H26ClN3O4S/c1-25(16-21(27)24-20-8-4-3-7-19(20)23)22(28)15-17-9-11-18(12-10-17)31(29,30)26-13-5-2-6-14-26/h3-4,7-12H,2,5-6,13-16H2,1H3,(H,24,27). The second kappa shape index (κ2) is 10.3. The third-order valence-electron chi connectivity index (χ3n) is 5.19. The highest BCUT2D eigenvalue weighted by atomic mass is 35.5. The van der Waals surface area contributed by atoms with Crippen molar-refractivity contribution in [3.8, 4) is 0 Å². The Kier molecular flexibility index (Phi) is 7.69. The van der Waals surface area contributed by atoms with E-state index in [4.69, 9.17) is 11.6 Å². The van der Waals surface area contributed by atoms with E-state index in [0.29, 0.717) is 29.4 Å². The first-order chi connectivity index (χ1) is 14.8. The minimum atomic E-state index is -3.50. The highest BCUT2D eigenvalue weighted by Crippen LogP contribution is 2.22. The summed E-state index contributed by atoms with van der Waals surface area (Å²) in [5.74, 6) is -0.604. The molecular weight excluding hydrogens is 438 g/mol. The van der Waals surface area contributed by atoms with Crippen LogP contribution in [-0.4, -0.2) is 56.1 Å². The number of anilines is 1. The van der Waals surface area contributed by atoms with Crippen LogP contribution < -0.4 is 5.32 Å². The number of piperidine rings is 1. The fourth-order valence-corrected chi connectivity index (χ4v) is 5.10. The van der Waals surface area contributed by atoms with Gasteiger partial charge in [-0.2, -0.15) is 4.31 Å². The van der Waals surface area contributed by atoms with Gasteiger partial charge in [-0.05, 0) is 42.7 Å². The van der Waals surface area contributed by atoms with Crippen molar-refractivity contribution in [1.82, 2.24) is 9.21 Å². The number of nitrogens with one attached hydrogen (secondary N) is 1. The lowest BCUT2D eigenvalue weighted by Gasteiger charge is -2.25. The molecule has 1 N–H and O–H groups in total. The molecule has 1 aliphatic heterocycles. The van der Waals surface area contributed by atoms with E-state index in [1.54, 1.807) is 43.4 Å². The SMILES string of the molecule is CN(CC(=O)Nc1ccccc1Cl)C(=O)Cc1ccc(S(=O)(=O)N2CCCCC2)cc1. The fraction of sp³-hybridized carbons (Fsp3) is 0.364. The van der Waals surface area contributed by atoms with E-state index < -0.39 is 10.0 Å². The monoisotopic (exact) mass is 463 g/mol. The number of para-hydroxylation sites is 1. The van der Waals surface area contributed by atoms with Crippen molar-refractivity contribution in [2.75, 3.05) is 32.0 Å². The predicted molar refractivity (Wildman–Crippen MR) is 120 cm³/mol. The van der Waals surface area contributed by atoms with Crippen LogP contribution in [-0.2, 0) is 26.0 Å². The smallest absolute Gasteiger partial charge is 0.244 e. The van der Waals surface area contributed by atoms with Gasteiger partial charge in [0.25, 0.3) is 0 Å². The predicted octanol–water partition coefficient (Wildman–Crippen LogP) is 3.15. The number of sulfonamides is 1. The van der Waals surface area contributed by atoms with Gasteiger partial charge in [0.05, 0.1) is 28.6 Å². The van der Waals surface area contributed by atoms with Crippen LogP contribution in [0.3, 0.4) is 0 Å². The molecular formula is C22H26ClN3O4S. The van der Waals surface area contributed by atoms with Gasteiger partial charge in [-0.3, -0.25) is 9.59 Å². The maximum Gasteiger partial charge on any atom is 0.244 e. The van der Waals surface area contributed by atoms with E-state index in [2.05, 4.69) is 5.32 Å². The number of carbonyl (C=O) groups excluding carboxylic acids is 2. The summed E-state index contributed by atoms with van der Waals surface area (Å²) in [6.45, 7) is 0.971. The van der Waals surface area contributed by atoms with Gasteiger partial charge in [0.15, 0.2) is 0 Å². The maximum absolute atomic E-state index is 12.7. The summed E-state index contributed by atoms with van der Waals surface area (Å²) in [5, 5.41) is 3.10. The molecule has 166 valence electrons. The van der Waals surface area contributed by atoms with E-state index in [1.165, 1.54) is 21.3 Å². The summed E-state index contributed by atoms with van der Waals surface area (Å²) in [4.78, 5) is 26.3. The highest BCUT2D eigenvalue weighted by molar-refractivity contribution is 7.89. The first-order valence-corrected chi connectivity index (χ1v) is 12.0. The van der Waals surface area contributed by atoms with Gasteiger partial charge in [0.2, 0.25) is 21.8 Å². The Morgan fingerprint density at radius 3 is 2.32 bits per heavy atom. The number of hydrogen-bond donors (Lipinski definition) is 1. The normalized spacial score (nSPS) is 14.8. The van der Waals surface area contributed by atoms with Crippen LogP contribution in [0.25, 0.3) is 0 Å². The molecule has 0 bridgehead atoms. The van der Waals surface area contributed by atoms with Crippen molar-refractivity contribution in [3.05, 3.63) is 59.1 Å². The maximum atomic E-state index is 12.7. The number of benzene rings is 2. The number of hydrogen-bond acceptors (Lipinski definition) is 4. The van der Waals surface area contributed by atoms with Crippen LogP contribution in [0, 0.1) is 0 Å². The summed E-state index contributed by atoms with van der Waals surface area (Å²) in [7, 11) is -1.95. The fourth-order valence-electron chi connectivity index (χ4n) is 3.40. The summed E-state index contributed by atoms with van der Waals surface area (Å²) >= 11 is 6.03. The van der Waals surface area contributed by atoms with E-state index in [9.17, 15) is 18.0 Å². The van der Waals surface area contributed by atoms with Crippen molar-refractivity contribution in [3.63, 3.8) is 0 Å². The molecule has 2 amide bonds. The Morgan fingerprint density at radius 2 is 1.68 bits per heavy atom. The van der Waals surface area contributed by atoms with Crippen molar-refractivity contribution >= 4 is 39.1 Å². The molecule has 1 heterocycles. The second-order valence-electron chi connectivity index (χ2n) is 7.56. The minimum absolute atomic E-state index is 0.0694. The van der Waals surface area contributed by atoms with Crippen LogP contribution in [0.15, 0.2) is 53.4 Å². The van der Waals surface area contributed by atoms with Crippen LogP contribution in [0.4, 0.5) is 5.69 Å². The van der Waals surface area contributed by atoms with Crippen molar-refractivity contribution in [2.24, 2.45) is 0 Å². The zero-order valence-corrected chi connectivity index (χ0v) is 19.0. The quantitative estimate of drug-likeness (QED) is 0.683. The minimum Gasteiger partial charge on any atom is -0.336 e. The molecule has 1 fully saturated rings. The third kappa shape index (κ3) is 6.06. The molecule has 2 aromatic carbocycles. The summed E-state index contributed by atoms with van der Waals surface area (Å²) in [6.07, 6.45) is 2.88. The number of amides is 2. The van der Waals surface area contributed by atoms with Crippen LogP contribution in [0.1, 0.15) is 24.8 Å². The lowest BCUT2D eigenvalue weighted by Crippen LogP contribution is -2.36. The summed E-state index contributed by atoms with van der Waals surface area (Å²) < 4.78 is 27.0. The zero-order valence-electron chi connectivity index (χ0n) is 17.4. The molecule has 7 nitrogen and oxygen atoms in total. The van der Waals surface area contributed by atoms with Gasteiger partial charge in [-0.15, -0.1) is 0 Å². The van der Waals surface area contributed by atoms with Gasteiger partial charge < -0.3 is 10.2 Å². The molecule has 31 heavy (non-hydrogen) atoms. The van der Waals surface area contributed by atoms with Gasteiger partial charge in [0, 0.05) is 20.1 Å². The number of halogens is 1. The molecule has 1 saturated heterocycles. The Labute approximate surface area is 188 Å². The average molecular weight is 464 g/mol. The molecule has 0 spiro atoms. The molecule has 0 radical (unpaired) electrons. The second-order valence-corrected chi connectivity index (χ2v) is 9.91. The summed E-state index contributed by atoms with van der Waals surface area (Å²) in [5.41, 5.74) is 1.17. The highest BCUT2D eigenvalue weighted by Gasteiger charge is 2.25. The lowest BCUT2D eigenvalue weighted by atomic mass is 10.1. The largest absolute Gasteiger partial charge is 0.336 e. The van der Waals surface area contributed by atoms with Gasteiger partial charge >= 0.3 is 0 Å². The van der Waals surface area contributed by atoms with Crippen LogP contribution in [0.5, 0.6) is 0 Å². The first-order valence-electron chi connectivity index (χ1n) is 10.1. The van der Waals surface area contributed by atoms with E-state index in [0.717, 1.165) is 19.3 Å². The van der Waals surface area contributed by atoms with E-state index >= 15 is 0 Å². The lowest BCUT2D eigenvalue weighted by molar-refractivity contribution is -0.132.